The van der Waals surface area contributed by atoms with Gasteiger partial charge in [0.2, 0.25) is 5.91 Å². The number of ketones is 1. The smallest absolute Gasteiger partial charge is 0.237 e. The number of aromatic amines is 2. The van der Waals surface area contributed by atoms with E-state index >= 15 is 0 Å². The van der Waals surface area contributed by atoms with Crippen molar-refractivity contribution in [2.75, 3.05) is 11.4 Å². The summed E-state index contributed by atoms with van der Waals surface area (Å²) in [6, 6.07) is 17.8. The highest BCUT2D eigenvalue weighted by molar-refractivity contribution is 6.09. The zero-order valence-corrected chi connectivity index (χ0v) is 20.1. The number of benzene rings is 3. The number of amides is 1. The number of nitrogens with zero attached hydrogens (tertiary/aromatic N) is 3. The summed E-state index contributed by atoms with van der Waals surface area (Å²) in [5.41, 5.74) is 7.49. The molecule has 3 heterocycles. The first-order valence-corrected chi connectivity index (χ1v) is 11.7. The van der Waals surface area contributed by atoms with Crippen molar-refractivity contribution >= 4 is 39.3 Å². The van der Waals surface area contributed by atoms with Gasteiger partial charge in [-0.25, -0.2) is 4.98 Å². The van der Waals surface area contributed by atoms with Crippen LogP contribution in [0.1, 0.15) is 43.6 Å². The van der Waals surface area contributed by atoms with Gasteiger partial charge >= 0.3 is 0 Å². The molecule has 0 unspecified atom stereocenters. The number of rotatable bonds is 4. The number of carbonyl (C=O) groups is 2. The zero-order valence-electron chi connectivity index (χ0n) is 20.1. The van der Waals surface area contributed by atoms with Crippen molar-refractivity contribution in [1.82, 2.24) is 20.2 Å². The summed E-state index contributed by atoms with van der Waals surface area (Å²) in [7, 11) is 0. The number of hydrogen-bond acceptors (Lipinski definition) is 4. The van der Waals surface area contributed by atoms with Crippen molar-refractivity contribution in [3.8, 4) is 22.6 Å². The lowest BCUT2D eigenvalue weighted by molar-refractivity contribution is -0.122. The number of aromatic nitrogens is 4. The third-order valence-electron chi connectivity index (χ3n) is 7.07. The van der Waals surface area contributed by atoms with Crippen LogP contribution in [0.3, 0.4) is 0 Å². The van der Waals surface area contributed by atoms with E-state index in [0.717, 1.165) is 50.0 Å². The van der Waals surface area contributed by atoms with Crippen molar-refractivity contribution in [3.05, 3.63) is 65.7 Å². The fourth-order valence-corrected chi connectivity index (χ4v) is 5.03. The molecule has 2 aromatic heterocycles. The number of H-pyrrole nitrogens is 2. The molecule has 0 aliphatic carbocycles. The largest absolute Gasteiger partial charge is 0.337 e. The second kappa shape index (κ2) is 7.37. The lowest BCUT2D eigenvalue weighted by atomic mass is 9.86. The second-order valence-electron chi connectivity index (χ2n) is 9.61. The summed E-state index contributed by atoms with van der Waals surface area (Å²) < 4.78 is 0. The predicted molar refractivity (Wildman–Crippen MR) is 138 cm³/mol. The third kappa shape index (κ3) is 3.11. The number of carbonyl (C=O) groups excluding carboxylic acids is 2. The maximum Gasteiger partial charge on any atom is 0.237 e. The van der Waals surface area contributed by atoms with E-state index in [2.05, 4.69) is 27.3 Å². The number of anilines is 1. The maximum absolute atomic E-state index is 12.9. The summed E-state index contributed by atoms with van der Waals surface area (Å²) in [5, 5.41) is 8.65. The molecule has 35 heavy (non-hydrogen) atoms. The van der Waals surface area contributed by atoms with E-state index in [9.17, 15) is 9.59 Å². The Balaban J connectivity index is 1.40. The normalized spacial score (nSPS) is 14.7. The average molecular weight is 464 g/mol. The van der Waals surface area contributed by atoms with Crippen molar-refractivity contribution in [2.24, 2.45) is 0 Å². The van der Waals surface area contributed by atoms with Gasteiger partial charge in [-0.3, -0.25) is 14.7 Å². The molecule has 0 spiro atoms. The molecule has 174 valence electrons. The summed E-state index contributed by atoms with van der Waals surface area (Å²) >= 11 is 0. The Hall–Kier alpha value is -4.26. The molecular formula is C28H25N5O2. The van der Waals surface area contributed by atoms with Crippen LogP contribution < -0.4 is 4.90 Å². The first kappa shape index (κ1) is 21.3. The van der Waals surface area contributed by atoms with Crippen molar-refractivity contribution < 1.29 is 9.59 Å². The van der Waals surface area contributed by atoms with Crippen molar-refractivity contribution in [1.29, 1.82) is 0 Å². The Morgan fingerprint density at radius 2 is 1.74 bits per heavy atom. The third-order valence-corrected chi connectivity index (χ3v) is 7.07. The quantitative estimate of drug-likeness (QED) is 0.338. The molecule has 7 nitrogen and oxygen atoms in total. The molecule has 0 fully saturated rings. The van der Waals surface area contributed by atoms with Crippen LogP contribution in [-0.2, 0) is 10.2 Å². The lowest BCUT2D eigenvalue weighted by Crippen LogP contribution is -2.35. The van der Waals surface area contributed by atoms with Gasteiger partial charge in [0.05, 0.1) is 27.7 Å². The fraction of sp³-hybridized carbons (Fsp3) is 0.214. The Labute approximate surface area is 202 Å². The van der Waals surface area contributed by atoms with Crippen LogP contribution in [0.15, 0.2) is 54.6 Å². The highest BCUT2D eigenvalue weighted by Crippen LogP contribution is 2.43. The molecule has 6 rings (SSSR count). The molecule has 1 aliphatic rings. The van der Waals surface area contributed by atoms with Gasteiger partial charge in [-0.2, -0.15) is 5.10 Å². The Morgan fingerprint density at radius 1 is 1.00 bits per heavy atom. The average Bonchev–Trinajstić information content (AvgIpc) is 3.51. The zero-order chi connectivity index (χ0) is 24.5. The van der Waals surface area contributed by atoms with E-state index in [1.807, 2.05) is 68.1 Å². The van der Waals surface area contributed by atoms with Crippen LogP contribution >= 0.6 is 0 Å². The summed E-state index contributed by atoms with van der Waals surface area (Å²) in [5.74, 6) is 0.854. The minimum Gasteiger partial charge on any atom is -0.337 e. The minimum atomic E-state index is -0.567. The topological polar surface area (TPSA) is 94.7 Å². The van der Waals surface area contributed by atoms with E-state index in [1.165, 1.54) is 0 Å². The number of likely N-dealkylation sites (N-methyl/N-ethyl adjacent to an activating group) is 1. The number of hydrogen-bond donors (Lipinski definition) is 2. The van der Waals surface area contributed by atoms with Crippen LogP contribution in [0.4, 0.5) is 5.69 Å². The van der Waals surface area contributed by atoms with Crippen LogP contribution in [0.5, 0.6) is 0 Å². The molecule has 1 amide bonds. The van der Waals surface area contributed by atoms with Gasteiger partial charge in [-0.05, 0) is 68.7 Å². The molecule has 5 aromatic rings. The highest BCUT2D eigenvalue weighted by atomic mass is 16.2. The lowest BCUT2D eigenvalue weighted by Gasteiger charge is -2.18. The van der Waals surface area contributed by atoms with E-state index in [1.54, 1.807) is 6.92 Å². The fourth-order valence-electron chi connectivity index (χ4n) is 5.03. The van der Waals surface area contributed by atoms with Gasteiger partial charge in [0, 0.05) is 17.5 Å². The second-order valence-corrected chi connectivity index (χ2v) is 9.61. The van der Waals surface area contributed by atoms with Gasteiger partial charge in [0.25, 0.3) is 0 Å². The summed E-state index contributed by atoms with van der Waals surface area (Å²) in [4.78, 5) is 34.5. The van der Waals surface area contributed by atoms with E-state index in [0.29, 0.717) is 17.9 Å². The molecule has 0 saturated heterocycles. The molecule has 0 atom stereocenters. The van der Waals surface area contributed by atoms with Gasteiger partial charge in [-0.15, -0.1) is 0 Å². The van der Waals surface area contributed by atoms with E-state index < -0.39 is 5.41 Å². The highest BCUT2D eigenvalue weighted by Gasteiger charge is 2.43. The molecule has 0 bridgehead atoms. The van der Waals surface area contributed by atoms with Crippen LogP contribution in [-0.4, -0.2) is 38.4 Å². The van der Waals surface area contributed by atoms with Crippen molar-refractivity contribution in [2.45, 2.75) is 33.1 Å². The standard InChI is InChI=1S/C28H25N5O2/c1-5-33-24-14-23-22(13-20(24)28(3,4)27(33)35)29-26(30-23)25-19-11-10-18(12-21(19)31-32-25)17-8-6-16(7-9-17)15(2)34/h6-14H,5H2,1-4H3,(H,29,30)(H,31,32). The molecule has 3 aromatic carbocycles. The Morgan fingerprint density at radius 3 is 2.46 bits per heavy atom. The van der Waals surface area contributed by atoms with Gasteiger partial charge in [0.15, 0.2) is 11.6 Å². The monoisotopic (exact) mass is 463 g/mol. The molecular weight excluding hydrogens is 438 g/mol. The Bertz CT molecular complexity index is 1660. The maximum atomic E-state index is 12.9. The number of Topliss-reactive ketones (excluding diaryl/α,β-unsaturated/α-hetero) is 1. The number of nitrogens with one attached hydrogen (secondary N) is 2. The van der Waals surface area contributed by atoms with Gasteiger partial charge in [-0.1, -0.05) is 30.3 Å². The minimum absolute atomic E-state index is 0.0545. The first-order valence-electron chi connectivity index (χ1n) is 11.7. The summed E-state index contributed by atoms with van der Waals surface area (Å²) in [6.45, 7) is 8.13. The van der Waals surface area contributed by atoms with Crippen LogP contribution in [0, 0.1) is 0 Å². The number of imidazole rings is 1. The summed E-state index contributed by atoms with van der Waals surface area (Å²) in [6.07, 6.45) is 0. The molecule has 2 N–H and O–H groups in total. The molecule has 7 heteroatoms. The van der Waals surface area contributed by atoms with Crippen molar-refractivity contribution in [3.63, 3.8) is 0 Å². The van der Waals surface area contributed by atoms with Gasteiger partial charge in [0.1, 0.15) is 5.69 Å². The molecule has 1 aliphatic heterocycles. The van der Waals surface area contributed by atoms with E-state index in [4.69, 9.17) is 4.98 Å². The molecule has 0 radical (unpaired) electrons. The van der Waals surface area contributed by atoms with Crippen LogP contribution in [0.2, 0.25) is 0 Å². The SMILES string of the molecule is CCN1C(=O)C(C)(C)c2cc3[nH]c(-c4n[nH]c5cc(-c6ccc(C(C)=O)cc6)ccc45)nc3cc21. The van der Waals surface area contributed by atoms with E-state index in [-0.39, 0.29) is 11.7 Å². The van der Waals surface area contributed by atoms with Crippen LogP contribution in [0.25, 0.3) is 44.6 Å². The number of fused-ring (bicyclic) bond motifs is 3. The first-order chi connectivity index (χ1) is 16.8. The Kier molecular flexibility index (Phi) is 4.48. The van der Waals surface area contributed by atoms with Gasteiger partial charge < -0.3 is 9.88 Å². The molecule has 0 saturated carbocycles. The predicted octanol–water partition coefficient (Wildman–Crippen LogP) is 5.62.